The molecule has 1 fully saturated rings. The van der Waals surface area contributed by atoms with Crippen LogP contribution >= 0.6 is 0 Å². The van der Waals surface area contributed by atoms with E-state index in [0.29, 0.717) is 18.0 Å². The Hall–Kier alpha value is -3.80. The minimum Gasteiger partial charge on any atom is -0.484 e. The summed E-state index contributed by atoms with van der Waals surface area (Å²) in [5.74, 6) is 2.02. The van der Waals surface area contributed by atoms with Crippen molar-refractivity contribution >= 4 is 17.5 Å². The highest BCUT2D eigenvalue weighted by Crippen LogP contribution is 2.30. The van der Waals surface area contributed by atoms with Gasteiger partial charge in [-0.25, -0.2) is 0 Å². The maximum Gasteiger partial charge on any atom is 0.258 e. The van der Waals surface area contributed by atoms with Crippen LogP contribution in [0.2, 0.25) is 0 Å². The summed E-state index contributed by atoms with van der Waals surface area (Å²) in [6, 6.07) is 24.1. The molecule has 6 heteroatoms. The lowest BCUT2D eigenvalue weighted by atomic mass is 10.2. The van der Waals surface area contributed by atoms with Crippen LogP contribution in [0.3, 0.4) is 0 Å². The van der Waals surface area contributed by atoms with E-state index in [-0.39, 0.29) is 24.3 Å². The van der Waals surface area contributed by atoms with Crippen LogP contribution in [0.4, 0.5) is 5.69 Å². The van der Waals surface area contributed by atoms with E-state index in [9.17, 15) is 9.59 Å². The van der Waals surface area contributed by atoms with Crippen LogP contribution in [-0.4, -0.2) is 18.4 Å². The highest BCUT2D eigenvalue weighted by molar-refractivity contribution is 5.94. The first-order valence-corrected chi connectivity index (χ1v) is 10.3. The Morgan fingerprint density at radius 1 is 0.839 bits per heavy atom. The number of carbonyl (C=O) groups excluding carboxylic acids is 2. The summed E-state index contributed by atoms with van der Waals surface area (Å²) in [5, 5.41) is 5.74. The second kappa shape index (κ2) is 9.80. The standard InChI is InChI=1S/C25H24N2O4/c28-24(26-16-18-5-4-6-20(15-18)27-25(29)19-9-10-19)17-30-21-11-13-23(14-12-21)31-22-7-2-1-3-8-22/h1-8,11-15,19H,9-10,16-17H2,(H,26,28)(H,27,29). The normalized spacial score (nSPS) is 12.6. The van der Waals surface area contributed by atoms with Gasteiger partial charge in [0.25, 0.3) is 5.91 Å². The van der Waals surface area contributed by atoms with Gasteiger partial charge in [0.15, 0.2) is 6.61 Å². The monoisotopic (exact) mass is 416 g/mol. The molecule has 158 valence electrons. The summed E-state index contributed by atoms with van der Waals surface area (Å²) in [4.78, 5) is 24.0. The van der Waals surface area contributed by atoms with Gasteiger partial charge in [0, 0.05) is 18.2 Å². The van der Waals surface area contributed by atoms with Gasteiger partial charge < -0.3 is 20.1 Å². The summed E-state index contributed by atoms with van der Waals surface area (Å²) < 4.78 is 11.3. The average molecular weight is 416 g/mol. The number of benzene rings is 3. The van der Waals surface area contributed by atoms with Crippen LogP contribution in [0, 0.1) is 5.92 Å². The van der Waals surface area contributed by atoms with Crippen molar-refractivity contribution in [1.29, 1.82) is 0 Å². The van der Waals surface area contributed by atoms with Gasteiger partial charge in [0.1, 0.15) is 17.2 Å². The summed E-state index contributed by atoms with van der Waals surface area (Å²) in [6.07, 6.45) is 1.93. The van der Waals surface area contributed by atoms with Gasteiger partial charge in [-0.1, -0.05) is 30.3 Å². The summed E-state index contributed by atoms with van der Waals surface area (Å²) in [6.45, 7) is 0.274. The van der Waals surface area contributed by atoms with Crippen molar-refractivity contribution in [2.45, 2.75) is 19.4 Å². The third kappa shape index (κ3) is 6.34. The van der Waals surface area contributed by atoms with Crippen molar-refractivity contribution in [3.63, 3.8) is 0 Å². The zero-order valence-corrected chi connectivity index (χ0v) is 17.0. The zero-order valence-electron chi connectivity index (χ0n) is 17.0. The molecule has 3 aromatic carbocycles. The SMILES string of the molecule is O=C(COc1ccc(Oc2ccccc2)cc1)NCc1cccc(NC(=O)C2CC2)c1. The van der Waals surface area contributed by atoms with Gasteiger partial charge in [-0.05, 0) is 66.9 Å². The van der Waals surface area contributed by atoms with Crippen molar-refractivity contribution in [1.82, 2.24) is 5.32 Å². The molecule has 1 aliphatic carbocycles. The first-order chi connectivity index (χ1) is 15.2. The van der Waals surface area contributed by atoms with Gasteiger partial charge in [-0.15, -0.1) is 0 Å². The molecule has 1 saturated carbocycles. The molecule has 31 heavy (non-hydrogen) atoms. The van der Waals surface area contributed by atoms with Gasteiger partial charge in [-0.2, -0.15) is 0 Å². The zero-order chi connectivity index (χ0) is 21.5. The van der Waals surface area contributed by atoms with Crippen LogP contribution in [0.1, 0.15) is 18.4 Å². The molecule has 2 amide bonds. The second-order valence-electron chi connectivity index (χ2n) is 7.42. The van der Waals surface area contributed by atoms with Crippen molar-refractivity contribution in [2.75, 3.05) is 11.9 Å². The fourth-order valence-corrected chi connectivity index (χ4v) is 2.98. The van der Waals surface area contributed by atoms with E-state index in [4.69, 9.17) is 9.47 Å². The Kier molecular flexibility index (Phi) is 6.47. The highest BCUT2D eigenvalue weighted by Gasteiger charge is 2.29. The van der Waals surface area contributed by atoms with E-state index >= 15 is 0 Å². The molecule has 0 atom stereocenters. The molecule has 1 aliphatic rings. The molecule has 2 N–H and O–H groups in total. The van der Waals surface area contributed by atoms with Gasteiger partial charge in [0.2, 0.25) is 5.91 Å². The molecule has 0 aromatic heterocycles. The van der Waals surface area contributed by atoms with E-state index in [2.05, 4.69) is 10.6 Å². The van der Waals surface area contributed by atoms with Crippen LogP contribution in [0.5, 0.6) is 17.2 Å². The molecule has 0 saturated heterocycles. The predicted octanol–water partition coefficient (Wildman–Crippen LogP) is 4.52. The first-order valence-electron chi connectivity index (χ1n) is 10.3. The third-order valence-electron chi connectivity index (χ3n) is 4.80. The quantitative estimate of drug-likeness (QED) is 0.538. The third-order valence-corrected chi connectivity index (χ3v) is 4.80. The Morgan fingerprint density at radius 2 is 1.55 bits per heavy atom. The van der Waals surface area contributed by atoms with E-state index < -0.39 is 0 Å². The lowest BCUT2D eigenvalue weighted by molar-refractivity contribution is -0.123. The van der Waals surface area contributed by atoms with Gasteiger partial charge >= 0.3 is 0 Å². The minimum absolute atomic E-state index is 0.0646. The van der Waals surface area contributed by atoms with Crippen molar-refractivity contribution in [2.24, 2.45) is 5.92 Å². The largest absolute Gasteiger partial charge is 0.484 e. The number of para-hydroxylation sites is 1. The average Bonchev–Trinajstić information content (AvgIpc) is 3.64. The Balaban J connectivity index is 1.21. The Bertz CT molecular complexity index is 1030. The number of ether oxygens (including phenoxy) is 2. The number of hydrogen-bond acceptors (Lipinski definition) is 4. The minimum atomic E-state index is -0.225. The van der Waals surface area contributed by atoms with Crippen LogP contribution in [0.25, 0.3) is 0 Å². The van der Waals surface area contributed by atoms with E-state index in [1.165, 1.54) is 0 Å². The molecule has 0 aliphatic heterocycles. The number of amides is 2. The number of anilines is 1. The summed E-state index contributed by atoms with van der Waals surface area (Å²) in [5.41, 5.74) is 1.65. The summed E-state index contributed by atoms with van der Waals surface area (Å²) >= 11 is 0. The fourth-order valence-electron chi connectivity index (χ4n) is 2.98. The van der Waals surface area contributed by atoms with Crippen LogP contribution < -0.4 is 20.1 Å². The number of carbonyl (C=O) groups is 2. The molecular weight excluding hydrogens is 392 g/mol. The molecule has 0 heterocycles. The first kappa shape index (κ1) is 20.5. The Labute approximate surface area is 181 Å². The molecule has 4 rings (SSSR count). The van der Waals surface area contributed by atoms with E-state index in [1.54, 1.807) is 24.3 Å². The van der Waals surface area contributed by atoms with E-state index in [1.807, 2.05) is 54.6 Å². The topological polar surface area (TPSA) is 76.7 Å². The van der Waals surface area contributed by atoms with Crippen LogP contribution in [0.15, 0.2) is 78.9 Å². The molecule has 0 unspecified atom stereocenters. The van der Waals surface area contributed by atoms with Gasteiger partial charge in [-0.3, -0.25) is 9.59 Å². The Morgan fingerprint density at radius 3 is 2.29 bits per heavy atom. The predicted molar refractivity (Wildman–Crippen MR) is 118 cm³/mol. The maximum atomic E-state index is 12.1. The number of nitrogens with one attached hydrogen (secondary N) is 2. The fraction of sp³-hybridized carbons (Fsp3) is 0.200. The van der Waals surface area contributed by atoms with Crippen molar-refractivity contribution in [3.8, 4) is 17.2 Å². The van der Waals surface area contributed by atoms with Gasteiger partial charge in [0.05, 0.1) is 0 Å². The molecular formula is C25H24N2O4. The number of rotatable bonds is 9. The lowest BCUT2D eigenvalue weighted by Crippen LogP contribution is -2.28. The molecule has 0 radical (unpaired) electrons. The number of hydrogen-bond donors (Lipinski definition) is 2. The second-order valence-corrected chi connectivity index (χ2v) is 7.42. The highest BCUT2D eigenvalue weighted by atomic mass is 16.5. The van der Waals surface area contributed by atoms with Crippen LogP contribution in [-0.2, 0) is 16.1 Å². The van der Waals surface area contributed by atoms with Crippen molar-refractivity contribution < 1.29 is 19.1 Å². The molecule has 6 nitrogen and oxygen atoms in total. The maximum absolute atomic E-state index is 12.1. The lowest BCUT2D eigenvalue weighted by Gasteiger charge is -2.10. The molecule has 3 aromatic rings. The van der Waals surface area contributed by atoms with Crippen molar-refractivity contribution in [3.05, 3.63) is 84.4 Å². The molecule has 0 spiro atoms. The van der Waals surface area contributed by atoms with E-state index in [0.717, 1.165) is 29.8 Å². The molecule has 0 bridgehead atoms. The smallest absolute Gasteiger partial charge is 0.258 e. The summed E-state index contributed by atoms with van der Waals surface area (Å²) in [7, 11) is 0.